The highest BCUT2D eigenvalue weighted by atomic mass is 35.5. The van der Waals surface area contributed by atoms with Crippen molar-refractivity contribution in [1.29, 1.82) is 0 Å². The predicted octanol–water partition coefficient (Wildman–Crippen LogP) is 5.70. The van der Waals surface area contributed by atoms with Crippen molar-refractivity contribution in [2.75, 3.05) is 10.8 Å². The van der Waals surface area contributed by atoms with Crippen molar-refractivity contribution in [3.63, 3.8) is 0 Å². The summed E-state index contributed by atoms with van der Waals surface area (Å²) in [5.41, 5.74) is 1.35. The van der Waals surface area contributed by atoms with Gasteiger partial charge in [-0.15, -0.1) is 0 Å². The fraction of sp³-hybridized carbons (Fsp3) is 0.333. The van der Waals surface area contributed by atoms with Gasteiger partial charge in [0.1, 0.15) is 18.4 Å². The zero-order valence-corrected chi connectivity index (χ0v) is 24.9. The van der Waals surface area contributed by atoms with Crippen molar-refractivity contribution in [3.05, 3.63) is 94.8 Å². The lowest BCUT2D eigenvalue weighted by atomic mass is 10.1. The van der Waals surface area contributed by atoms with E-state index in [-0.39, 0.29) is 23.0 Å². The molecular weight excluding hydrogens is 553 g/mol. The highest BCUT2D eigenvalue weighted by molar-refractivity contribution is 7.92. The number of amides is 2. The van der Waals surface area contributed by atoms with Crippen LogP contribution in [-0.4, -0.2) is 43.3 Å². The second kappa shape index (κ2) is 12.8. The number of anilines is 1. The van der Waals surface area contributed by atoms with Gasteiger partial charge < -0.3 is 10.2 Å². The van der Waals surface area contributed by atoms with Gasteiger partial charge in [0.15, 0.2) is 0 Å². The SMILES string of the molecule is CC[C@@H](C(=O)NC(C)(C)C)N(Cc1ccc(Cl)cc1)C(=O)CN(c1ccc(C)cc1)S(=O)(=O)c1ccc(F)cc1. The number of sulfonamides is 1. The van der Waals surface area contributed by atoms with Crippen LogP contribution in [0.3, 0.4) is 0 Å². The van der Waals surface area contributed by atoms with Crippen LogP contribution in [0.5, 0.6) is 0 Å². The molecule has 0 unspecified atom stereocenters. The fourth-order valence-corrected chi connectivity index (χ4v) is 5.67. The molecule has 214 valence electrons. The van der Waals surface area contributed by atoms with Crippen molar-refractivity contribution in [2.45, 2.75) is 64.1 Å². The van der Waals surface area contributed by atoms with E-state index in [1.807, 2.05) is 27.7 Å². The summed E-state index contributed by atoms with van der Waals surface area (Å²) in [5.74, 6) is -1.50. The molecule has 1 N–H and O–H groups in total. The first kappa shape index (κ1) is 31.1. The minimum Gasteiger partial charge on any atom is -0.350 e. The second-order valence-electron chi connectivity index (χ2n) is 10.6. The number of carbonyl (C=O) groups excluding carboxylic acids is 2. The van der Waals surface area contributed by atoms with Crippen LogP contribution in [0.15, 0.2) is 77.7 Å². The van der Waals surface area contributed by atoms with Gasteiger partial charge in [0, 0.05) is 17.1 Å². The number of benzene rings is 3. The first-order chi connectivity index (χ1) is 18.7. The Morgan fingerprint density at radius 1 is 0.950 bits per heavy atom. The zero-order chi connectivity index (χ0) is 29.7. The standard InChI is InChI=1S/C30H35ClFN3O4S/c1-6-27(29(37)33-30(3,4)5)34(19-22-9-11-23(31)12-10-22)28(36)20-35(25-15-7-21(2)8-16-25)40(38,39)26-17-13-24(32)14-18-26/h7-18,27H,6,19-20H2,1-5H3,(H,33,37)/t27-/m0/s1. The number of rotatable bonds is 10. The lowest BCUT2D eigenvalue weighted by Crippen LogP contribution is -2.55. The highest BCUT2D eigenvalue weighted by Gasteiger charge is 2.34. The summed E-state index contributed by atoms with van der Waals surface area (Å²) in [6.07, 6.45) is 0.302. The molecule has 0 aromatic heterocycles. The second-order valence-corrected chi connectivity index (χ2v) is 12.9. The van der Waals surface area contributed by atoms with Gasteiger partial charge in [-0.25, -0.2) is 12.8 Å². The lowest BCUT2D eigenvalue weighted by molar-refractivity contribution is -0.141. The third-order valence-corrected chi connectivity index (χ3v) is 8.19. The van der Waals surface area contributed by atoms with Gasteiger partial charge in [-0.05, 0) is 88.2 Å². The van der Waals surface area contributed by atoms with Gasteiger partial charge >= 0.3 is 0 Å². The van der Waals surface area contributed by atoms with E-state index in [0.717, 1.165) is 39.7 Å². The Hall–Kier alpha value is -3.43. The molecule has 3 aromatic carbocycles. The van der Waals surface area contributed by atoms with Crippen molar-refractivity contribution in [1.82, 2.24) is 10.2 Å². The topological polar surface area (TPSA) is 86.8 Å². The highest BCUT2D eigenvalue weighted by Crippen LogP contribution is 2.26. The molecule has 0 fully saturated rings. The van der Waals surface area contributed by atoms with E-state index in [1.165, 1.54) is 4.90 Å². The molecule has 0 aliphatic carbocycles. The van der Waals surface area contributed by atoms with Gasteiger partial charge in [0.2, 0.25) is 11.8 Å². The molecular formula is C30H35ClFN3O4S. The number of hydrogen-bond donors (Lipinski definition) is 1. The Kier molecular flexibility index (Phi) is 9.97. The van der Waals surface area contributed by atoms with E-state index in [2.05, 4.69) is 5.32 Å². The first-order valence-corrected chi connectivity index (χ1v) is 14.7. The Morgan fingerprint density at radius 2 is 1.52 bits per heavy atom. The largest absolute Gasteiger partial charge is 0.350 e. The summed E-state index contributed by atoms with van der Waals surface area (Å²) >= 11 is 6.05. The zero-order valence-electron chi connectivity index (χ0n) is 23.3. The van der Waals surface area contributed by atoms with Crippen LogP contribution in [0.1, 0.15) is 45.2 Å². The molecule has 7 nitrogen and oxygen atoms in total. The number of nitrogens with one attached hydrogen (secondary N) is 1. The van der Waals surface area contributed by atoms with Gasteiger partial charge in [0.25, 0.3) is 10.0 Å². The molecule has 1 atom stereocenters. The molecule has 10 heteroatoms. The number of nitrogens with zero attached hydrogens (tertiary/aromatic N) is 2. The van der Waals surface area contributed by atoms with Crippen LogP contribution in [0.25, 0.3) is 0 Å². The third kappa shape index (κ3) is 8.05. The minimum atomic E-state index is -4.27. The molecule has 0 heterocycles. The number of aryl methyl sites for hydroxylation is 1. The summed E-state index contributed by atoms with van der Waals surface area (Å²) in [4.78, 5) is 28.6. The Morgan fingerprint density at radius 3 is 2.05 bits per heavy atom. The van der Waals surface area contributed by atoms with E-state index in [1.54, 1.807) is 55.5 Å². The van der Waals surface area contributed by atoms with E-state index in [0.29, 0.717) is 11.4 Å². The summed E-state index contributed by atoms with van der Waals surface area (Å²) in [7, 11) is -4.27. The van der Waals surface area contributed by atoms with Crippen LogP contribution in [0, 0.1) is 12.7 Å². The maximum Gasteiger partial charge on any atom is 0.264 e. The van der Waals surface area contributed by atoms with Crippen molar-refractivity contribution in [3.8, 4) is 0 Å². The molecule has 0 aliphatic heterocycles. The van der Waals surface area contributed by atoms with Crippen molar-refractivity contribution >= 4 is 39.1 Å². The van der Waals surface area contributed by atoms with Gasteiger partial charge in [-0.2, -0.15) is 0 Å². The molecule has 40 heavy (non-hydrogen) atoms. The van der Waals surface area contributed by atoms with Crippen LogP contribution >= 0.6 is 11.6 Å². The summed E-state index contributed by atoms with van der Waals surface area (Å²) in [6, 6.07) is 17.1. The van der Waals surface area contributed by atoms with Crippen LogP contribution in [0.4, 0.5) is 10.1 Å². The molecule has 0 spiro atoms. The third-order valence-electron chi connectivity index (χ3n) is 6.15. The molecule has 0 saturated carbocycles. The summed E-state index contributed by atoms with van der Waals surface area (Å²) in [6.45, 7) is 8.68. The predicted molar refractivity (Wildman–Crippen MR) is 156 cm³/mol. The maximum atomic E-state index is 14.0. The van der Waals surface area contributed by atoms with Gasteiger partial charge in [-0.1, -0.05) is 48.4 Å². The monoisotopic (exact) mass is 587 g/mol. The van der Waals surface area contributed by atoms with Crippen LogP contribution in [-0.2, 0) is 26.2 Å². The van der Waals surface area contributed by atoms with Crippen molar-refractivity contribution < 1.29 is 22.4 Å². The first-order valence-electron chi connectivity index (χ1n) is 12.9. The van der Waals surface area contributed by atoms with Crippen LogP contribution < -0.4 is 9.62 Å². The Balaban J connectivity index is 2.06. The number of carbonyl (C=O) groups is 2. The Bertz CT molecular complexity index is 1420. The average molecular weight is 588 g/mol. The van der Waals surface area contributed by atoms with Gasteiger partial charge in [-0.3, -0.25) is 13.9 Å². The molecule has 0 aliphatic rings. The molecule has 3 rings (SSSR count). The number of halogens is 2. The quantitative estimate of drug-likeness (QED) is 0.329. The molecule has 0 saturated heterocycles. The summed E-state index contributed by atoms with van der Waals surface area (Å²) in [5, 5.41) is 3.45. The number of hydrogen-bond acceptors (Lipinski definition) is 4. The summed E-state index contributed by atoms with van der Waals surface area (Å²) < 4.78 is 42.2. The average Bonchev–Trinajstić information content (AvgIpc) is 2.88. The van der Waals surface area contributed by atoms with E-state index in [9.17, 15) is 22.4 Å². The van der Waals surface area contributed by atoms with E-state index < -0.39 is 39.9 Å². The molecule has 0 radical (unpaired) electrons. The van der Waals surface area contributed by atoms with E-state index in [4.69, 9.17) is 11.6 Å². The fourth-order valence-electron chi connectivity index (χ4n) is 4.13. The van der Waals surface area contributed by atoms with Crippen molar-refractivity contribution in [2.24, 2.45) is 0 Å². The lowest BCUT2D eigenvalue weighted by Gasteiger charge is -2.34. The normalized spacial score (nSPS) is 12.5. The van der Waals surface area contributed by atoms with Crippen LogP contribution in [0.2, 0.25) is 5.02 Å². The molecule has 3 aromatic rings. The van der Waals surface area contributed by atoms with E-state index >= 15 is 0 Å². The molecule has 2 amide bonds. The Labute approximate surface area is 241 Å². The minimum absolute atomic E-state index is 0.0599. The maximum absolute atomic E-state index is 14.0. The smallest absolute Gasteiger partial charge is 0.264 e. The van der Waals surface area contributed by atoms with Gasteiger partial charge in [0.05, 0.1) is 10.6 Å². The molecule has 0 bridgehead atoms.